The Balaban J connectivity index is 1.94. The van der Waals surface area contributed by atoms with E-state index in [9.17, 15) is 4.21 Å². The number of nitrogens with one attached hydrogen (secondary N) is 1. The van der Waals surface area contributed by atoms with Crippen molar-refractivity contribution in [1.29, 1.82) is 0 Å². The van der Waals surface area contributed by atoms with Crippen molar-refractivity contribution in [2.45, 2.75) is 16.2 Å². The van der Waals surface area contributed by atoms with Gasteiger partial charge in [0.1, 0.15) is 12.4 Å². The summed E-state index contributed by atoms with van der Waals surface area (Å²) in [5, 5.41) is 3.20. The molecule has 3 nitrogen and oxygen atoms in total. The number of ether oxygens (including phenoxy) is 1. The predicted octanol–water partition coefficient (Wildman–Crippen LogP) is 2.52. The number of benzene rings is 2. The van der Waals surface area contributed by atoms with Crippen LogP contribution in [0, 0.1) is 0 Å². The number of hydrogen-bond acceptors (Lipinski definition) is 3. The van der Waals surface area contributed by atoms with Crippen LogP contribution in [0.1, 0.15) is 11.6 Å². The van der Waals surface area contributed by atoms with Gasteiger partial charge in [0.05, 0.1) is 22.1 Å². The molecule has 1 aliphatic rings. The number of hydrogen-bond donors (Lipinski definition) is 1. The maximum atomic E-state index is 12.8. The van der Waals surface area contributed by atoms with Crippen molar-refractivity contribution in [2.24, 2.45) is 0 Å². The molecule has 20 heavy (non-hydrogen) atoms. The summed E-state index contributed by atoms with van der Waals surface area (Å²) in [6.07, 6.45) is 0. The molecule has 2 aromatic carbocycles. The van der Waals surface area contributed by atoms with Gasteiger partial charge in [-0.05, 0) is 25.2 Å². The van der Waals surface area contributed by atoms with E-state index in [0.29, 0.717) is 6.61 Å². The number of fused-ring (bicyclic) bond motifs is 1. The van der Waals surface area contributed by atoms with Crippen LogP contribution in [0.3, 0.4) is 0 Å². The minimum atomic E-state index is -1.09. The van der Waals surface area contributed by atoms with Crippen molar-refractivity contribution in [2.75, 3.05) is 13.7 Å². The highest BCUT2D eigenvalue weighted by Crippen LogP contribution is 2.35. The third-order valence-corrected chi connectivity index (χ3v) is 5.29. The minimum Gasteiger partial charge on any atom is -0.492 e. The zero-order valence-electron chi connectivity index (χ0n) is 11.3. The fourth-order valence-corrected chi connectivity index (χ4v) is 4.09. The van der Waals surface area contributed by atoms with Crippen molar-refractivity contribution in [3.63, 3.8) is 0 Å². The summed E-state index contributed by atoms with van der Waals surface area (Å²) in [6.45, 7) is 0.462. The first-order valence-corrected chi connectivity index (χ1v) is 7.87. The summed E-state index contributed by atoms with van der Waals surface area (Å²) in [6, 6.07) is 17.6. The molecule has 104 valence electrons. The molecule has 0 amide bonds. The molecule has 0 aliphatic carbocycles. The van der Waals surface area contributed by atoms with E-state index in [-0.39, 0.29) is 11.3 Å². The van der Waals surface area contributed by atoms with Gasteiger partial charge in [-0.2, -0.15) is 0 Å². The summed E-state index contributed by atoms with van der Waals surface area (Å²) in [5.41, 5.74) is 1.08. The molecular formula is C16H17NO2S. The Labute approximate surface area is 121 Å². The fourth-order valence-electron chi connectivity index (χ4n) is 2.59. The van der Waals surface area contributed by atoms with Crippen LogP contribution in [0.25, 0.3) is 0 Å². The molecule has 0 spiro atoms. The molecule has 0 fully saturated rings. The number of para-hydroxylation sites is 1. The Morgan fingerprint density at radius 2 is 1.80 bits per heavy atom. The van der Waals surface area contributed by atoms with Crippen molar-refractivity contribution < 1.29 is 8.95 Å². The molecule has 2 aromatic rings. The average Bonchev–Trinajstić information content (AvgIpc) is 2.54. The quantitative estimate of drug-likeness (QED) is 0.942. The fraction of sp³-hybridized carbons (Fsp3) is 0.250. The first-order chi connectivity index (χ1) is 9.81. The highest BCUT2D eigenvalue weighted by Gasteiger charge is 2.34. The normalized spacial score (nSPS) is 22.6. The highest BCUT2D eigenvalue weighted by atomic mass is 32.2. The van der Waals surface area contributed by atoms with Gasteiger partial charge in [0, 0.05) is 10.5 Å². The van der Waals surface area contributed by atoms with Crippen molar-refractivity contribution >= 4 is 10.8 Å². The minimum absolute atomic E-state index is 0.0426. The lowest BCUT2D eigenvalue weighted by atomic mass is 10.0. The van der Waals surface area contributed by atoms with Crippen LogP contribution < -0.4 is 10.1 Å². The zero-order valence-corrected chi connectivity index (χ0v) is 12.1. The monoisotopic (exact) mass is 287 g/mol. The van der Waals surface area contributed by atoms with E-state index in [1.54, 1.807) is 0 Å². The van der Waals surface area contributed by atoms with Crippen LogP contribution in [0.2, 0.25) is 0 Å². The van der Waals surface area contributed by atoms with Gasteiger partial charge in [-0.1, -0.05) is 36.4 Å². The van der Waals surface area contributed by atoms with Crippen molar-refractivity contribution in [1.82, 2.24) is 5.32 Å². The van der Waals surface area contributed by atoms with Crippen LogP contribution >= 0.6 is 0 Å². The van der Waals surface area contributed by atoms with Gasteiger partial charge in [-0.15, -0.1) is 0 Å². The number of rotatable bonds is 3. The summed E-state index contributed by atoms with van der Waals surface area (Å²) in [4.78, 5) is 0.848. The Hall–Kier alpha value is -1.65. The summed E-state index contributed by atoms with van der Waals surface area (Å²) >= 11 is 0. The SMILES string of the molecule is CNC1c2ccccc2OCC1S(=O)c1ccccc1. The summed E-state index contributed by atoms with van der Waals surface area (Å²) < 4.78 is 18.5. The van der Waals surface area contributed by atoms with Gasteiger partial charge in [-0.3, -0.25) is 4.21 Å². The van der Waals surface area contributed by atoms with E-state index in [0.717, 1.165) is 16.2 Å². The standard InChI is InChI=1S/C16H17NO2S/c1-17-16-13-9-5-6-10-14(13)19-11-15(16)20(18)12-7-3-2-4-8-12/h2-10,15-17H,11H2,1H3. The molecule has 0 bridgehead atoms. The lowest BCUT2D eigenvalue weighted by molar-refractivity contribution is 0.262. The molecule has 3 atom stereocenters. The third kappa shape index (κ3) is 2.37. The van der Waals surface area contributed by atoms with Crippen LogP contribution in [-0.4, -0.2) is 23.1 Å². The molecule has 0 saturated carbocycles. The topological polar surface area (TPSA) is 38.3 Å². The molecule has 0 aromatic heterocycles. The average molecular weight is 287 g/mol. The van der Waals surface area contributed by atoms with Crippen LogP contribution in [-0.2, 0) is 10.8 Å². The summed E-state index contributed by atoms with van der Waals surface area (Å²) in [5.74, 6) is 0.883. The molecule has 0 saturated heterocycles. The van der Waals surface area contributed by atoms with E-state index >= 15 is 0 Å². The molecule has 1 heterocycles. The van der Waals surface area contributed by atoms with Crippen LogP contribution in [0.5, 0.6) is 5.75 Å². The zero-order chi connectivity index (χ0) is 13.9. The van der Waals surface area contributed by atoms with E-state index < -0.39 is 10.8 Å². The first kappa shape index (κ1) is 13.3. The lowest BCUT2D eigenvalue weighted by Crippen LogP contribution is -2.40. The maximum Gasteiger partial charge on any atom is 0.124 e. The lowest BCUT2D eigenvalue weighted by Gasteiger charge is -2.32. The molecule has 0 radical (unpaired) electrons. The Morgan fingerprint density at radius 1 is 1.10 bits per heavy atom. The second-order valence-electron chi connectivity index (χ2n) is 4.76. The Kier molecular flexibility index (Phi) is 3.85. The molecular weight excluding hydrogens is 270 g/mol. The van der Waals surface area contributed by atoms with Gasteiger partial charge >= 0.3 is 0 Å². The van der Waals surface area contributed by atoms with Gasteiger partial charge in [0.25, 0.3) is 0 Å². The Bertz CT molecular complexity index is 615. The molecule has 1 aliphatic heterocycles. The van der Waals surface area contributed by atoms with Crippen molar-refractivity contribution in [3.05, 3.63) is 60.2 Å². The molecule has 3 rings (SSSR count). The second-order valence-corrected chi connectivity index (χ2v) is 6.44. The largest absolute Gasteiger partial charge is 0.492 e. The first-order valence-electron chi connectivity index (χ1n) is 6.66. The van der Waals surface area contributed by atoms with Crippen LogP contribution in [0.4, 0.5) is 0 Å². The van der Waals surface area contributed by atoms with Crippen molar-refractivity contribution in [3.8, 4) is 5.75 Å². The van der Waals surface area contributed by atoms with E-state index in [1.807, 2.05) is 61.6 Å². The van der Waals surface area contributed by atoms with Gasteiger partial charge in [-0.25, -0.2) is 0 Å². The Morgan fingerprint density at radius 3 is 2.55 bits per heavy atom. The third-order valence-electron chi connectivity index (χ3n) is 3.59. The van der Waals surface area contributed by atoms with Gasteiger partial charge in [0.15, 0.2) is 0 Å². The van der Waals surface area contributed by atoms with Crippen LogP contribution in [0.15, 0.2) is 59.5 Å². The highest BCUT2D eigenvalue weighted by molar-refractivity contribution is 7.85. The smallest absolute Gasteiger partial charge is 0.124 e. The molecule has 4 heteroatoms. The summed E-state index contributed by atoms with van der Waals surface area (Å²) in [7, 11) is 0.810. The van der Waals surface area contributed by atoms with E-state index in [1.165, 1.54) is 0 Å². The van der Waals surface area contributed by atoms with Gasteiger partial charge < -0.3 is 10.1 Å². The van der Waals surface area contributed by atoms with Gasteiger partial charge in [0.2, 0.25) is 0 Å². The predicted molar refractivity (Wildman–Crippen MR) is 80.4 cm³/mol. The maximum absolute atomic E-state index is 12.8. The molecule has 3 unspecified atom stereocenters. The second kappa shape index (κ2) is 5.77. The van der Waals surface area contributed by atoms with E-state index in [4.69, 9.17) is 4.74 Å². The molecule has 1 N–H and O–H groups in total. The van der Waals surface area contributed by atoms with E-state index in [2.05, 4.69) is 5.32 Å².